The molecular formula is C22H15N3O2. The molecule has 1 aliphatic rings. The number of benzene rings is 1. The Labute approximate surface area is 156 Å². The fourth-order valence-electron chi connectivity index (χ4n) is 3.06. The van der Waals surface area contributed by atoms with Crippen LogP contribution in [-0.4, -0.2) is 21.7 Å². The fraction of sp³-hybridized carbons (Fsp3) is 0.0455. The van der Waals surface area contributed by atoms with Gasteiger partial charge in [0.25, 0.3) is 0 Å². The molecule has 0 bridgehead atoms. The summed E-state index contributed by atoms with van der Waals surface area (Å²) in [7, 11) is 0. The highest BCUT2D eigenvalue weighted by atomic mass is 16.7. The maximum atomic E-state index is 5.53. The predicted octanol–water partition coefficient (Wildman–Crippen LogP) is 4.60. The first kappa shape index (κ1) is 15.5. The monoisotopic (exact) mass is 353 g/mol. The van der Waals surface area contributed by atoms with Gasteiger partial charge in [-0.1, -0.05) is 18.2 Å². The standard InChI is InChI=1S/C22H15N3O2/c1-3-9-23-17(5-1)19-11-16(12-20(25-19)18-6-2-4-10-24-18)15-7-8-21-22(13-15)27-14-26-21/h1-13H,14H2. The third kappa shape index (κ3) is 3.00. The lowest BCUT2D eigenvalue weighted by Crippen LogP contribution is -1.94. The van der Waals surface area contributed by atoms with Crippen molar-refractivity contribution in [3.05, 3.63) is 79.1 Å². The van der Waals surface area contributed by atoms with Crippen molar-refractivity contribution in [3.8, 4) is 45.4 Å². The number of hydrogen-bond donors (Lipinski definition) is 0. The summed E-state index contributed by atoms with van der Waals surface area (Å²) in [5.41, 5.74) is 5.27. The number of ether oxygens (including phenoxy) is 2. The molecule has 0 aliphatic carbocycles. The highest BCUT2D eigenvalue weighted by molar-refractivity contribution is 5.76. The van der Waals surface area contributed by atoms with E-state index in [0.717, 1.165) is 45.4 Å². The van der Waals surface area contributed by atoms with Crippen molar-refractivity contribution in [3.63, 3.8) is 0 Å². The second-order valence-corrected chi connectivity index (χ2v) is 6.12. The van der Waals surface area contributed by atoms with Gasteiger partial charge in [0.2, 0.25) is 6.79 Å². The highest BCUT2D eigenvalue weighted by Gasteiger charge is 2.15. The minimum Gasteiger partial charge on any atom is -0.454 e. The van der Waals surface area contributed by atoms with Crippen LogP contribution in [0.4, 0.5) is 0 Å². The van der Waals surface area contributed by atoms with Gasteiger partial charge < -0.3 is 9.47 Å². The van der Waals surface area contributed by atoms with E-state index in [9.17, 15) is 0 Å². The molecule has 0 atom stereocenters. The van der Waals surface area contributed by atoms with Crippen LogP contribution in [0.25, 0.3) is 33.9 Å². The van der Waals surface area contributed by atoms with Crippen LogP contribution in [0.5, 0.6) is 11.5 Å². The zero-order valence-electron chi connectivity index (χ0n) is 14.4. The molecule has 27 heavy (non-hydrogen) atoms. The van der Waals surface area contributed by atoms with E-state index in [2.05, 4.69) is 9.97 Å². The van der Waals surface area contributed by atoms with Gasteiger partial charge in [0, 0.05) is 12.4 Å². The van der Waals surface area contributed by atoms with Gasteiger partial charge in [-0.25, -0.2) is 4.98 Å². The van der Waals surface area contributed by atoms with Gasteiger partial charge in [-0.15, -0.1) is 0 Å². The molecule has 0 saturated heterocycles. The lowest BCUT2D eigenvalue weighted by molar-refractivity contribution is 0.174. The van der Waals surface area contributed by atoms with Crippen LogP contribution in [0.3, 0.4) is 0 Å². The maximum Gasteiger partial charge on any atom is 0.231 e. The summed E-state index contributed by atoms with van der Waals surface area (Å²) in [6, 6.07) is 21.6. The molecular weight excluding hydrogens is 338 g/mol. The smallest absolute Gasteiger partial charge is 0.231 e. The molecule has 0 spiro atoms. The van der Waals surface area contributed by atoms with Gasteiger partial charge in [0.1, 0.15) is 0 Å². The highest BCUT2D eigenvalue weighted by Crippen LogP contribution is 2.37. The van der Waals surface area contributed by atoms with E-state index in [-0.39, 0.29) is 6.79 Å². The Balaban J connectivity index is 1.68. The third-order valence-corrected chi connectivity index (χ3v) is 4.39. The summed E-state index contributed by atoms with van der Waals surface area (Å²) >= 11 is 0. The Bertz CT molecular complexity index is 1040. The molecule has 3 aromatic heterocycles. The SMILES string of the molecule is c1ccc(-c2cc(-c3ccc4c(c3)OCO4)cc(-c3ccccn3)n2)nc1. The Morgan fingerprint density at radius 1 is 0.593 bits per heavy atom. The molecule has 130 valence electrons. The molecule has 4 heterocycles. The zero-order valence-corrected chi connectivity index (χ0v) is 14.4. The lowest BCUT2D eigenvalue weighted by Gasteiger charge is -2.10. The molecule has 0 radical (unpaired) electrons. The molecule has 4 aromatic rings. The molecule has 0 fully saturated rings. The second kappa shape index (κ2) is 6.53. The topological polar surface area (TPSA) is 57.1 Å². The number of hydrogen-bond acceptors (Lipinski definition) is 5. The van der Waals surface area contributed by atoms with Crippen molar-refractivity contribution in [2.75, 3.05) is 6.79 Å². The van der Waals surface area contributed by atoms with Crippen molar-refractivity contribution >= 4 is 0 Å². The number of fused-ring (bicyclic) bond motifs is 1. The summed E-state index contributed by atoms with van der Waals surface area (Å²) in [6.45, 7) is 0.257. The van der Waals surface area contributed by atoms with Gasteiger partial charge in [-0.05, 0) is 59.7 Å². The molecule has 5 rings (SSSR count). The van der Waals surface area contributed by atoms with Crippen LogP contribution >= 0.6 is 0 Å². The summed E-state index contributed by atoms with van der Waals surface area (Å²) in [5, 5.41) is 0. The van der Waals surface area contributed by atoms with Gasteiger partial charge in [0.05, 0.1) is 22.8 Å². The normalized spacial score (nSPS) is 12.1. The summed E-state index contributed by atoms with van der Waals surface area (Å²) in [5.74, 6) is 1.52. The number of nitrogens with zero attached hydrogens (tertiary/aromatic N) is 3. The van der Waals surface area contributed by atoms with Crippen LogP contribution in [0.15, 0.2) is 79.1 Å². The molecule has 5 heteroatoms. The van der Waals surface area contributed by atoms with Crippen LogP contribution in [0.1, 0.15) is 0 Å². The first-order valence-corrected chi connectivity index (χ1v) is 8.62. The number of rotatable bonds is 3. The van der Waals surface area contributed by atoms with E-state index in [1.165, 1.54) is 0 Å². The van der Waals surface area contributed by atoms with Crippen LogP contribution in [0, 0.1) is 0 Å². The summed E-state index contributed by atoms with van der Waals surface area (Å²) in [6.07, 6.45) is 3.54. The summed E-state index contributed by atoms with van der Waals surface area (Å²) < 4.78 is 10.9. The van der Waals surface area contributed by atoms with E-state index >= 15 is 0 Å². The minimum atomic E-state index is 0.257. The van der Waals surface area contributed by atoms with Crippen LogP contribution in [0.2, 0.25) is 0 Å². The largest absolute Gasteiger partial charge is 0.454 e. The van der Waals surface area contributed by atoms with Gasteiger partial charge in [-0.3, -0.25) is 9.97 Å². The second-order valence-electron chi connectivity index (χ2n) is 6.12. The number of aromatic nitrogens is 3. The van der Waals surface area contributed by atoms with Crippen molar-refractivity contribution in [1.29, 1.82) is 0 Å². The molecule has 0 saturated carbocycles. The Kier molecular flexibility index (Phi) is 3.76. The molecule has 5 nitrogen and oxygen atoms in total. The Morgan fingerprint density at radius 2 is 1.26 bits per heavy atom. The first-order chi connectivity index (χ1) is 13.4. The maximum absolute atomic E-state index is 5.53. The average Bonchev–Trinajstić information content (AvgIpc) is 3.22. The van der Waals surface area contributed by atoms with E-state index in [1.807, 2.05) is 66.7 Å². The van der Waals surface area contributed by atoms with Crippen molar-refractivity contribution in [2.24, 2.45) is 0 Å². The zero-order chi connectivity index (χ0) is 18.1. The van der Waals surface area contributed by atoms with Crippen LogP contribution in [-0.2, 0) is 0 Å². The van der Waals surface area contributed by atoms with Crippen LogP contribution < -0.4 is 9.47 Å². The fourth-order valence-corrected chi connectivity index (χ4v) is 3.06. The van der Waals surface area contributed by atoms with Gasteiger partial charge in [0.15, 0.2) is 11.5 Å². The predicted molar refractivity (Wildman–Crippen MR) is 102 cm³/mol. The van der Waals surface area contributed by atoms with E-state index in [0.29, 0.717) is 0 Å². The molecule has 0 N–H and O–H groups in total. The Morgan fingerprint density at radius 3 is 1.89 bits per heavy atom. The first-order valence-electron chi connectivity index (χ1n) is 8.62. The van der Waals surface area contributed by atoms with Crippen molar-refractivity contribution in [1.82, 2.24) is 15.0 Å². The van der Waals surface area contributed by atoms with Gasteiger partial charge in [-0.2, -0.15) is 0 Å². The summed E-state index contributed by atoms with van der Waals surface area (Å²) in [4.78, 5) is 13.7. The van der Waals surface area contributed by atoms with E-state index in [1.54, 1.807) is 12.4 Å². The Hall–Kier alpha value is -3.73. The third-order valence-electron chi connectivity index (χ3n) is 4.39. The van der Waals surface area contributed by atoms with Crippen molar-refractivity contribution < 1.29 is 9.47 Å². The molecule has 0 unspecified atom stereocenters. The average molecular weight is 353 g/mol. The minimum absolute atomic E-state index is 0.257. The molecule has 1 aromatic carbocycles. The molecule has 1 aliphatic heterocycles. The van der Waals surface area contributed by atoms with E-state index < -0.39 is 0 Å². The molecule has 0 amide bonds. The van der Waals surface area contributed by atoms with Gasteiger partial charge >= 0.3 is 0 Å². The quantitative estimate of drug-likeness (QED) is 0.539. The van der Waals surface area contributed by atoms with Crippen molar-refractivity contribution in [2.45, 2.75) is 0 Å². The lowest BCUT2D eigenvalue weighted by atomic mass is 10.0. The van der Waals surface area contributed by atoms with E-state index in [4.69, 9.17) is 14.5 Å². The number of pyridine rings is 3.